The van der Waals surface area contributed by atoms with Crippen LogP contribution in [0.25, 0.3) is 0 Å². The molecule has 0 saturated carbocycles. The van der Waals surface area contributed by atoms with E-state index < -0.39 is 0 Å². The molecule has 1 unspecified atom stereocenters. The molecule has 0 rings (SSSR count). The Labute approximate surface area is 93.0 Å². The van der Waals surface area contributed by atoms with E-state index in [1.807, 2.05) is 6.92 Å². The van der Waals surface area contributed by atoms with E-state index in [2.05, 4.69) is 12.2 Å². The summed E-state index contributed by atoms with van der Waals surface area (Å²) in [5.41, 5.74) is -0.171. The second-order valence-electron chi connectivity index (χ2n) is 3.96. The van der Waals surface area contributed by atoms with Gasteiger partial charge in [-0.05, 0) is 19.8 Å². The van der Waals surface area contributed by atoms with Crippen molar-refractivity contribution in [1.82, 2.24) is 5.32 Å². The summed E-state index contributed by atoms with van der Waals surface area (Å²) in [6.07, 6.45) is 1.84. The Balaban J connectivity index is 3.29. The predicted octanol–water partition coefficient (Wildman–Crippen LogP) is 0.790. The molecule has 0 amide bonds. The van der Waals surface area contributed by atoms with Gasteiger partial charge in [-0.3, -0.25) is 0 Å². The Kier molecular flexibility index (Phi) is 9.00. The molecule has 0 bridgehead atoms. The molecule has 0 fully saturated rings. The Morgan fingerprint density at radius 1 is 1.27 bits per heavy atom. The first-order valence-corrected chi connectivity index (χ1v) is 5.61. The van der Waals surface area contributed by atoms with Crippen LogP contribution in [0.3, 0.4) is 0 Å². The van der Waals surface area contributed by atoms with Gasteiger partial charge in [0.05, 0.1) is 13.2 Å². The van der Waals surface area contributed by atoms with E-state index in [0.717, 1.165) is 32.6 Å². The van der Waals surface area contributed by atoms with Gasteiger partial charge in [0.25, 0.3) is 0 Å². The van der Waals surface area contributed by atoms with Crippen molar-refractivity contribution >= 4 is 0 Å². The van der Waals surface area contributed by atoms with Crippen LogP contribution in [-0.2, 0) is 9.47 Å². The summed E-state index contributed by atoms with van der Waals surface area (Å²) in [5, 5.41) is 12.4. The molecule has 2 N–H and O–H groups in total. The van der Waals surface area contributed by atoms with Gasteiger partial charge >= 0.3 is 0 Å². The third kappa shape index (κ3) is 7.73. The topological polar surface area (TPSA) is 50.7 Å². The van der Waals surface area contributed by atoms with Crippen LogP contribution < -0.4 is 5.32 Å². The van der Waals surface area contributed by atoms with E-state index in [1.54, 1.807) is 7.11 Å². The maximum atomic E-state index is 9.14. The van der Waals surface area contributed by atoms with Gasteiger partial charge < -0.3 is 19.9 Å². The van der Waals surface area contributed by atoms with E-state index in [0.29, 0.717) is 6.61 Å². The Morgan fingerprint density at radius 2 is 2.00 bits per heavy atom. The lowest BCUT2D eigenvalue weighted by Crippen LogP contribution is -2.46. The van der Waals surface area contributed by atoms with Gasteiger partial charge in [0, 0.05) is 32.4 Å². The van der Waals surface area contributed by atoms with Crippen molar-refractivity contribution in [3.8, 4) is 0 Å². The van der Waals surface area contributed by atoms with Crippen molar-refractivity contribution in [2.45, 2.75) is 32.2 Å². The van der Waals surface area contributed by atoms with Crippen LogP contribution in [0.5, 0.6) is 0 Å². The van der Waals surface area contributed by atoms with Crippen molar-refractivity contribution in [2.75, 3.05) is 40.1 Å². The molecule has 0 radical (unpaired) electrons. The fourth-order valence-electron chi connectivity index (χ4n) is 1.13. The zero-order chi connectivity index (χ0) is 11.6. The molecule has 4 heteroatoms. The van der Waals surface area contributed by atoms with Crippen LogP contribution in [0.2, 0.25) is 0 Å². The Hall–Kier alpha value is -0.160. The van der Waals surface area contributed by atoms with E-state index in [-0.39, 0.29) is 12.1 Å². The summed E-state index contributed by atoms with van der Waals surface area (Å²) in [7, 11) is 1.69. The van der Waals surface area contributed by atoms with E-state index in [4.69, 9.17) is 14.6 Å². The minimum Gasteiger partial charge on any atom is -0.394 e. The summed E-state index contributed by atoms with van der Waals surface area (Å²) >= 11 is 0. The number of ether oxygens (including phenoxy) is 2. The summed E-state index contributed by atoms with van der Waals surface area (Å²) in [6, 6.07) is 0. The molecule has 0 aliphatic rings. The van der Waals surface area contributed by atoms with Crippen molar-refractivity contribution < 1.29 is 14.6 Å². The Bertz CT molecular complexity index is 138. The largest absolute Gasteiger partial charge is 0.394 e. The number of aliphatic hydroxyl groups excluding tert-OH is 1. The van der Waals surface area contributed by atoms with E-state index >= 15 is 0 Å². The van der Waals surface area contributed by atoms with Crippen LogP contribution in [0.4, 0.5) is 0 Å². The van der Waals surface area contributed by atoms with E-state index in [1.165, 1.54) is 0 Å². The SMILES string of the molecule is CCC(C)(CO)NCCOCCCOC. The Morgan fingerprint density at radius 3 is 2.53 bits per heavy atom. The quantitative estimate of drug-likeness (QED) is 0.533. The molecule has 92 valence electrons. The lowest BCUT2D eigenvalue weighted by molar-refractivity contribution is 0.0938. The van der Waals surface area contributed by atoms with Crippen molar-refractivity contribution in [2.24, 2.45) is 0 Å². The molecule has 0 aromatic heterocycles. The third-order valence-electron chi connectivity index (χ3n) is 2.56. The van der Waals surface area contributed by atoms with Crippen molar-refractivity contribution in [1.29, 1.82) is 0 Å². The van der Waals surface area contributed by atoms with Crippen LogP contribution in [0.1, 0.15) is 26.7 Å². The number of nitrogens with one attached hydrogen (secondary N) is 1. The van der Waals surface area contributed by atoms with Gasteiger partial charge in [-0.15, -0.1) is 0 Å². The highest BCUT2D eigenvalue weighted by atomic mass is 16.5. The van der Waals surface area contributed by atoms with Gasteiger partial charge in [-0.25, -0.2) is 0 Å². The van der Waals surface area contributed by atoms with Gasteiger partial charge in [0.2, 0.25) is 0 Å². The number of hydrogen-bond donors (Lipinski definition) is 2. The molecule has 0 spiro atoms. The maximum Gasteiger partial charge on any atom is 0.0610 e. The molecule has 15 heavy (non-hydrogen) atoms. The summed E-state index contributed by atoms with van der Waals surface area (Å²) in [6.45, 7) is 7.17. The summed E-state index contributed by atoms with van der Waals surface area (Å²) in [4.78, 5) is 0. The summed E-state index contributed by atoms with van der Waals surface area (Å²) in [5.74, 6) is 0. The highest BCUT2D eigenvalue weighted by Crippen LogP contribution is 2.06. The predicted molar refractivity (Wildman–Crippen MR) is 61.1 cm³/mol. The smallest absolute Gasteiger partial charge is 0.0610 e. The van der Waals surface area contributed by atoms with Crippen LogP contribution in [0.15, 0.2) is 0 Å². The molecule has 0 heterocycles. The van der Waals surface area contributed by atoms with Crippen molar-refractivity contribution in [3.63, 3.8) is 0 Å². The normalized spacial score (nSPS) is 15.2. The highest BCUT2D eigenvalue weighted by Gasteiger charge is 2.18. The molecule has 0 aliphatic heterocycles. The second-order valence-corrected chi connectivity index (χ2v) is 3.96. The number of aliphatic hydroxyl groups is 1. The number of hydrogen-bond acceptors (Lipinski definition) is 4. The van der Waals surface area contributed by atoms with Gasteiger partial charge in [0.15, 0.2) is 0 Å². The minimum atomic E-state index is -0.171. The first kappa shape index (κ1) is 14.8. The van der Waals surface area contributed by atoms with Gasteiger partial charge in [-0.1, -0.05) is 6.92 Å². The van der Waals surface area contributed by atoms with Crippen molar-refractivity contribution in [3.05, 3.63) is 0 Å². The monoisotopic (exact) mass is 219 g/mol. The second kappa shape index (κ2) is 9.09. The third-order valence-corrected chi connectivity index (χ3v) is 2.56. The zero-order valence-electron chi connectivity index (χ0n) is 10.2. The fourth-order valence-corrected chi connectivity index (χ4v) is 1.13. The molecular weight excluding hydrogens is 194 g/mol. The molecule has 0 aromatic rings. The standard InChI is InChI=1S/C11H25NO3/c1-4-11(2,10-13)12-6-9-15-8-5-7-14-3/h12-13H,4-10H2,1-3H3. The average Bonchev–Trinajstić information content (AvgIpc) is 2.27. The van der Waals surface area contributed by atoms with Crippen LogP contribution in [-0.4, -0.2) is 50.7 Å². The minimum absolute atomic E-state index is 0.160. The average molecular weight is 219 g/mol. The molecule has 0 aromatic carbocycles. The molecule has 4 nitrogen and oxygen atoms in total. The summed E-state index contributed by atoms with van der Waals surface area (Å²) < 4.78 is 10.3. The molecule has 0 aliphatic carbocycles. The number of rotatable bonds is 10. The van der Waals surface area contributed by atoms with Gasteiger partial charge in [-0.2, -0.15) is 0 Å². The molecule has 1 atom stereocenters. The molecular formula is C11H25NO3. The highest BCUT2D eigenvalue weighted by molar-refractivity contribution is 4.79. The first-order chi connectivity index (χ1) is 7.18. The first-order valence-electron chi connectivity index (χ1n) is 5.61. The maximum absolute atomic E-state index is 9.14. The van der Waals surface area contributed by atoms with Gasteiger partial charge in [0.1, 0.15) is 0 Å². The van der Waals surface area contributed by atoms with E-state index in [9.17, 15) is 0 Å². The van der Waals surface area contributed by atoms with Crippen LogP contribution >= 0.6 is 0 Å². The zero-order valence-corrected chi connectivity index (χ0v) is 10.2. The van der Waals surface area contributed by atoms with Crippen LogP contribution in [0, 0.1) is 0 Å². The molecule has 0 saturated heterocycles. The lowest BCUT2D eigenvalue weighted by atomic mass is 10.0. The fraction of sp³-hybridized carbons (Fsp3) is 1.00. The lowest BCUT2D eigenvalue weighted by Gasteiger charge is -2.27. The number of methoxy groups -OCH3 is 1.